The molecular weight excluding hydrogens is 268 g/mol. The van der Waals surface area contributed by atoms with Crippen LogP contribution in [0.3, 0.4) is 0 Å². The van der Waals surface area contributed by atoms with Gasteiger partial charge in [-0.2, -0.15) is 0 Å². The molecule has 1 unspecified atom stereocenters. The first-order valence-corrected chi connectivity index (χ1v) is 7.15. The molecule has 0 saturated heterocycles. The van der Waals surface area contributed by atoms with Gasteiger partial charge in [-0.1, -0.05) is 35.9 Å². The Morgan fingerprint density at radius 3 is 2.10 bits per heavy atom. The molecule has 1 N–H and O–H groups in total. The number of rotatable bonds is 4. The van der Waals surface area contributed by atoms with Crippen LogP contribution in [-0.4, -0.2) is 21.1 Å². The molecule has 1 atom stereocenters. The van der Waals surface area contributed by atoms with Gasteiger partial charge in [-0.15, -0.1) is 0 Å². The Hall–Kier alpha value is -1.51. The lowest BCUT2D eigenvalue weighted by molar-refractivity contribution is 0.652. The fraction of sp³-hybridized carbons (Fsp3) is 0.294. The Bertz CT molecular complexity index is 576. The predicted octanol–water partition coefficient (Wildman–Crippen LogP) is 4.35. The van der Waals surface area contributed by atoms with Gasteiger partial charge in [-0.05, 0) is 48.9 Å². The highest BCUT2D eigenvalue weighted by molar-refractivity contribution is 6.31. The first-order chi connectivity index (χ1) is 9.52. The molecule has 106 valence electrons. The first-order valence-electron chi connectivity index (χ1n) is 6.77. The predicted molar refractivity (Wildman–Crippen MR) is 88.7 cm³/mol. The van der Waals surface area contributed by atoms with E-state index in [0.717, 1.165) is 16.1 Å². The molecule has 0 bridgehead atoms. The highest BCUT2D eigenvalue weighted by atomic mass is 35.5. The fourth-order valence-electron chi connectivity index (χ4n) is 2.17. The summed E-state index contributed by atoms with van der Waals surface area (Å²) in [5.41, 5.74) is 4.65. The smallest absolute Gasteiger partial charge is 0.0459 e. The summed E-state index contributed by atoms with van der Waals surface area (Å²) in [6.45, 7) is 2.10. The number of halogens is 1. The third-order valence-corrected chi connectivity index (χ3v) is 3.94. The molecule has 0 radical (unpaired) electrons. The summed E-state index contributed by atoms with van der Waals surface area (Å²) >= 11 is 6.39. The standard InChI is InChI=1S/C17H21ClN2/c1-12(19-2)16-10-7-14(11-17(16)18)13-5-8-15(9-6-13)20(3)4/h5-12,19H,1-4H3. The Kier molecular flexibility index (Phi) is 4.69. The molecular formula is C17H21ClN2. The minimum atomic E-state index is 0.257. The van der Waals surface area contributed by atoms with Crippen molar-refractivity contribution in [3.8, 4) is 11.1 Å². The Labute approximate surface area is 126 Å². The van der Waals surface area contributed by atoms with Crippen LogP contribution in [-0.2, 0) is 0 Å². The Morgan fingerprint density at radius 2 is 1.60 bits per heavy atom. The quantitative estimate of drug-likeness (QED) is 0.899. The van der Waals surface area contributed by atoms with Crippen molar-refractivity contribution < 1.29 is 0 Å². The number of hydrogen-bond acceptors (Lipinski definition) is 2. The second kappa shape index (κ2) is 6.29. The number of benzene rings is 2. The number of nitrogens with zero attached hydrogens (tertiary/aromatic N) is 1. The van der Waals surface area contributed by atoms with Crippen molar-refractivity contribution >= 4 is 17.3 Å². The average Bonchev–Trinajstić information content (AvgIpc) is 2.46. The molecule has 0 aromatic heterocycles. The summed E-state index contributed by atoms with van der Waals surface area (Å²) in [6.07, 6.45) is 0. The third-order valence-electron chi connectivity index (χ3n) is 3.62. The molecule has 0 amide bonds. The van der Waals surface area contributed by atoms with Crippen LogP contribution in [0.5, 0.6) is 0 Å². The lowest BCUT2D eigenvalue weighted by atomic mass is 10.0. The lowest BCUT2D eigenvalue weighted by Crippen LogP contribution is -2.12. The van der Waals surface area contributed by atoms with Crippen molar-refractivity contribution in [2.75, 3.05) is 26.0 Å². The third kappa shape index (κ3) is 3.14. The molecule has 0 spiro atoms. The van der Waals surface area contributed by atoms with Crippen LogP contribution in [0.1, 0.15) is 18.5 Å². The van der Waals surface area contributed by atoms with E-state index in [1.807, 2.05) is 27.2 Å². The SMILES string of the molecule is CNC(C)c1ccc(-c2ccc(N(C)C)cc2)cc1Cl. The molecule has 0 aliphatic heterocycles. The molecule has 0 heterocycles. The van der Waals surface area contributed by atoms with E-state index in [1.165, 1.54) is 11.3 Å². The topological polar surface area (TPSA) is 15.3 Å². The van der Waals surface area contributed by atoms with E-state index >= 15 is 0 Å². The van der Waals surface area contributed by atoms with Crippen molar-refractivity contribution in [2.45, 2.75) is 13.0 Å². The maximum atomic E-state index is 6.39. The summed E-state index contributed by atoms with van der Waals surface area (Å²) in [5.74, 6) is 0. The highest BCUT2D eigenvalue weighted by Crippen LogP contribution is 2.29. The van der Waals surface area contributed by atoms with Gasteiger partial charge in [-0.3, -0.25) is 0 Å². The summed E-state index contributed by atoms with van der Waals surface area (Å²) in [4.78, 5) is 2.09. The van der Waals surface area contributed by atoms with E-state index in [9.17, 15) is 0 Å². The summed E-state index contributed by atoms with van der Waals surface area (Å²) in [6, 6.07) is 15.0. The summed E-state index contributed by atoms with van der Waals surface area (Å²) in [5, 5.41) is 4.02. The molecule has 0 aliphatic carbocycles. The number of anilines is 1. The average molecular weight is 289 g/mol. The van der Waals surface area contributed by atoms with Crippen molar-refractivity contribution in [1.82, 2.24) is 5.32 Å². The zero-order chi connectivity index (χ0) is 14.7. The van der Waals surface area contributed by atoms with Crippen molar-refractivity contribution in [3.05, 3.63) is 53.1 Å². The minimum absolute atomic E-state index is 0.257. The van der Waals surface area contributed by atoms with Crippen LogP contribution < -0.4 is 10.2 Å². The van der Waals surface area contributed by atoms with Crippen molar-refractivity contribution in [1.29, 1.82) is 0 Å². The minimum Gasteiger partial charge on any atom is -0.378 e. The molecule has 2 aromatic carbocycles. The van der Waals surface area contributed by atoms with Crippen LogP contribution in [0.15, 0.2) is 42.5 Å². The maximum absolute atomic E-state index is 6.39. The van der Waals surface area contributed by atoms with Crippen LogP contribution in [0.4, 0.5) is 5.69 Å². The zero-order valence-electron chi connectivity index (χ0n) is 12.4. The zero-order valence-corrected chi connectivity index (χ0v) is 13.2. The van der Waals surface area contributed by atoms with Gasteiger partial charge in [0.1, 0.15) is 0 Å². The van der Waals surface area contributed by atoms with Crippen LogP contribution >= 0.6 is 11.6 Å². The Balaban J connectivity index is 2.31. The van der Waals surface area contributed by atoms with Crippen molar-refractivity contribution in [3.63, 3.8) is 0 Å². The maximum Gasteiger partial charge on any atom is 0.0459 e. The van der Waals surface area contributed by atoms with E-state index in [2.05, 4.69) is 53.5 Å². The molecule has 2 rings (SSSR count). The molecule has 3 heteroatoms. The highest BCUT2D eigenvalue weighted by Gasteiger charge is 2.09. The van der Waals surface area contributed by atoms with Crippen LogP contribution in [0, 0.1) is 0 Å². The fourth-order valence-corrected chi connectivity index (χ4v) is 2.51. The van der Waals surface area contributed by atoms with Crippen LogP contribution in [0.2, 0.25) is 5.02 Å². The molecule has 2 nitrogen and oxygen atoms in total. The second-order valence-corrected chi connectivity index (χ2v) is 5.60. The monoisotopic (exact) mass is 288 g/mol. The normalized spacial score (nSPS) is 12.2. The largest absolute Gasteiger partial charge is 0.378 e. The van der Waals surface area contributed by atoms with Gasteiger partial charge in [0.05, 0.1) is 0 Å². The molecule has 0 aliphatic rings. The lowest BCUT2D eigenvalue weighted by Gasteiger charge is -2.15. The van der Waals surface area contributed by atoms with Gasteiger partial charge in [-0.25, -0.2) is 0 Å². The second-order valence-electron chi connectivity index (χ2n) is 5.19. The molecule has 20 heavy (non-hydrogen) atoms. The summed E-state index contributed by atoms with van der Waals surface area (Å²) in [7, 11) is 6.02. The van der Waals surface area contributed by atoms with E-state index in [4.69, 9.17) is 11.6 Å². The Morgan fingerprint density at radius 1 is 1.00 bits per heavy atom. The van der Waals surface area contributed by atoms with E-state index in [0.29, 0.717) is 0 Å². The van der Waals surface area contributed by atoms with E-state index < -0.39 is 0 Å². The van der Waals surface area contributed by atoms with Crippen LogP contribution in [0.25, 0.3) is 11.1 Å². The van der Waals surface area contributed by atoms with E-state index in [-0.39, 0.29) is 6.04 Å². The van der Waals surface area contributed by atoms with Gasteiger partial charge in [0, 0.05) is 30.8 Å². The summed E-state index contributed by atoms with van der Waals surface area (Å²) < 4.78 is 0. The van der Waals surface area contributed by atoms with Gasteiger partial charge in [0.2, 0.25) is 0 Å². The van der Waals surface area contributed by atoms with Gasteiger partial charge in [0.25, 0.3) is 0 Å². The van der Waals surface area contributed by atoms with Gasteiger partial charge in [0.15, 0.2) is 0 Å². The number of nitrogens with one attached hydrogen (secondary N) is 1. The molecule has 0 saturated carbocycles. The van der Waals surface area contributed by atoms with E-state index in [1.54, 1.807) is 0 Å². The van der Waals surface area contributed by atoms with Gasteiger partial charge >= 0.3 is 0 Å². The van der Waals surface area contributed by atoms with Crippen molar-refractivity contribution in [2.24, 2.45) is 0 Å². The van der Waals surface area contributed by atoms with Gasteiger partial charge < -0.3 is 10.2 Å². The molecule has 0 fully saturated rings. The number of hydrogen-bond donors (Lipinski definition) is 1. The molecule has 2 aromatic rings. The first kappa shape index (κ1) is 14.9.